The fourth-order valence-electron chi connectivity index (χ4n) is 2.29. The van der Waals surface area contributed by atoms with E-state index < -0.39 is 5.69 Å². The summed E-state index contributed by atoms with van der Waals surface area (Å²) in [4.78, 5) is 25.2. The van der Waals surface area contributed by atoms with Crippen LogP contribution in [0.5, 0.6) is 5.75 Å². The maximum atomic E-state index is 12.3. The van der Waals surface area contributed by atoms with E-state index in [1.54, 1.807) is 6.07 Å². The Morgan fingerprint density at radius 3 is 2.77 bits per heavy atom. The smallest absolute Gasteiger partial charge is 0.291 e. The number of benzene rings is 2. The highest BCUT2D eigenvalue weighted by Crippen LogP contribution is 2.49. The molecular formula is C14H11BrNO3PS2. The van der Waals surface area contributed by atoms with E-state index in [-0.39, 0.29) is 5.43 Å². The van der Waals surface area contributed by atoms with Crippen molar-refractivity contribution in [1.29, 1.82) is 0 Å². The Labute approximate surface area is 145 Å². The average Bonchev–Trinajstić information content (AvgIpc) is 2.41. The second kappa shape index (κ2) is 5.65. The fraction of sp³-hybridized carbons (Fsp3) is 0.0714. The number of thiol groups is 1. The van der Waals surface area contributed by atoms with E-state index in [0.29, 0.717) is 21.5 Å². The monoisotopic (exact) mass is 415 g/mol. The molecule has 0 bridgehead atoms. The zero-order chi connectivity index (χ0) is 16.1. The zero-order valence-electron chi connectivity index (χ0n) is 11.3. The summed E-state index contributed by atoms with van der Waals surface area (Å²) in [5.41, 5.74) is -0.473. The highest BCUT2D eigenvalue weighted by Gasteiger charge is 2.20. The number of aryl methyl sites for hydroxylation is 1. The number of fused-ring (bicyclic) bond motifs is 2. The van der Waals surface area contributed by atoms with Crippen LogP contribution in [-0.4, -0.2) is 9.88 Å². The Hall–Kier alpha value is -0.850. The van der Waals surface area contributed by atoms with Gasteiger partial charge in [0.25, 0.3) is 5.69 Å². The number of H-pyrrole nitrogens is 1. The first-order valence-corrected chi connectivity index (χ1v) is 10.9. The maximum Gasteiger partial charge on any atom is 0.291 e. The van der Waals surface area contributed by atoms with Crippen molar-refractivity contribution >= 4 is 56.6 Å². The molecule has 2 aliphatic rings. The van der Waals surface area contributed by atoms with Crippen LogP contribution < -0.4 is 9.95 Å². The molecule has 0 amide bonds. The van der Waals surface area contributed by atoms with Gasteiger partial charge in [-0.3, -0.25) is 4.79 Å². The van der Waals surface area contributed by atoms with E-state index in [2.05, 4.69) is 33.2 Å². The predicted octanol–water partition coefficient (Wildman–Crippen LogP) is 4.23. The number of aromatic amines is 1. The van der Waals surface area contributed by atoms with Crippen LogP contribution in [0.4, 0.5) is 0 Å². The largest absolute Gasteiger partial charge is 0.434 e. The Bertz CT molecular complexity index is 966. The minimum Gasteiger partial charge on any atom is -0.434 e. The average molecular weight is 416 g/mol. The number of rotatable bonds is 2. The Kier molecular flexibility index (Phi) is 4.12. The molecule has 1 aliphatic heterocycles. The summed E-state index contributed by atoms with van der Waals surface area (Å²) in [5.74, 6) is 0.297. The lowest BCUT2D eigenvalue weighted by molar-refractivity contribution is 0.504. The van der Waals surface area contributed by atoms with Crippen LogP contribution in [-0.2, 0) is 11.8 Å². The van der Waals surface area contributed by atoms with Gasteiger partial charge in [-0.1, -0.05) is 24.4 Å². The predicted molar refractivity (Wildman–Crippen MR) is 99.7 cm³/mol. The minimum atomic E-state index is -3.21. The molecule has 1 aliphatic carbocycles. The molecule has 1 heterocycles. The summed E-state index contributed by atoms with van der Waals surface area (Å²) in [6.07, 6.45) is 0. The van der Waals surface area contributed by atoms with Gasteiger partial charge in [-0.25, -0.2) is 0 Å². The summed E-state index contributed by atoms with van der Waals surface area (Å²) in [5, 5.41) is 0.911. The van der Waals surface area contributed by atoms with Gasteiger partial charge in [-0.2, -0.15) is 0 Å². The quantitative estimate of drug-likeness (QED) is 0.333. The number of nitrogens with one attached hydrogen (secondary N) is 1. The molecule has 22 heavy (non-hydrogen) atoms. The highest BCUT2D eigenvalue weighted by molar-refractivity contribution is 9.10. The molecule has 1 unspecified atom stereocenters. The van der Waals surface area contributed by atoms with Gasteiger partial charge >= 0.3 is 0 Å². The Morgan fingerprint density at radius 1 is 1.36 bits per heavy atom. The van der Waals surface area contributed by atoms with Crippen molar-refractivity contribution in [2.75, 3.05) is 0 Å². The number of aromatic nitrogens is 1. The zero-order valence-corrected chi connectivity index (χ0v) is 15.5. The number of hydrogen-bond acceptors (Lipinski definition) is 3. The minimum absolute atomic E-state index is 0.161. The molecule has 8 heteroatoms. The molecular weight excluding hydrogens is 405 g/mol. The van der Waals surface area contributed by atoms with Crippen LogP contribution >= 0.6 is 33.9 Å². The van der Waals surface area contributed by atoms with Gasteiger partial charge < -0.3 is 14.4 Å². The number of pyridine rings is 1. The molecule has 1 atom stereocenters. The second-order valence-corrected chi connectivity index (χ2v) is 10.9. The molecule has 0 saturated heterocycles. The first-order chi connectivity index (χ1) is 10.2. The van der Waals surface area contributed by atoms with Gasteiger partial charge in [-0.15, -0.1) is 0 Å². The number of halogens is 1. The van der Waals surface area contributed by atoms with E-state index in [1.165, 1.54) is 6.07 Å². The molecule has 0 fully saturated rings. The van der Waals surface area contributed by atoms with Gasteiger partial charge in [0, 0.05) is 11.6 Å². The molecule has 0 aromatic heterocycles. The van der Waals surface area contributed by atoms with Crippen LogP contribution in [0.3, 0.4) is 0 Å². The lowest BCUT2D eigenvalue weighted by Crippen LogP contribution is -2.09. The molecule has 0 radical (unpaired) electrons. The number of hydrogen-bond donors (Lipinski definition) is 3. The van der Waals surface area contributed by atoms with Crippen molar-refractivity contribution in [3.8, 4) is 17.0 Å². The van der Waals surface area contributed by atoms with Crippen molar-refractivity contribution in [2.24, 2.45) is 0 Å². The van der Waals surface area contributed by atoms with Crippen LogP contribution in [0, 0.1) is 6.92 Å². The maximum absolute atomic E-state index is 12.3. The standard InChI is InChI=1S/C14H11BrNO3PS2/c1-7-2-3-8-5-9-13(16-11(8)4-7)12(19-20(18,21)22)6-10(15)14(9)17/h2-6,16H,1H3,(H2,18,21,22). The molecule has 4 nitrogen and oxygen atoms in total. The molecule has 0 saturated carbocycles. The fourth-order valence-corrected chi connectivity index (χ4v) is 3.62. The van der Waals surface area contributed by atoms with E-state index in [1.807, 2.05) is 25.1 Å². The summed E-state index contributed by atoms with van der Waals surface area (Å²) >= 11 is 11.9. The van der Waals surface area contributed by atoms with Crippen LogP contribution in [0.2, 0.25) is 0 Å². The van der Waals surface area contributed by atoms with Crippen LogP contribution in [0.1, 0.15) is 5.56 Å². The lowest BCUT2D eigenvalue weighted by Gasteiger charge is -2.17. The first-order valence-electron chi connectivity index (χ1n) is 6.26. The Morgan fingerprint density at radius 2 is 2.09 bits per heavy atom. The van der Waals surface area contributed by atoms with Gasteiger partial charge in [0.15, 0.2) is 5.75 Å². The van der Waals surface area contributed by atoms with E-state index in [0.717, 1.165) is 16.5 Å². The summed E-state index contributed by atoms with van der Waals surface area (Å²) < 4.78 is 5.71. The van der Waals surface area contributed by atoms with Crippen molar-refractivity contribution in [1.82, 2.24) is 4.98 Å². The van der Waals surface area contributed by atoms with E-state index in [4.69, 9.17) is 16.3 Å². The molecule has 1 aromatic carbocycles. The SMILES string of the molecule is Cc1ccc2cc3c(=O)c(Br)cc(OP(O)(=S)S)c-3[nH]c2c1. The third-order valence-electron chi connectivity index (χ3n) is 3.22. The topological polar surface area (TPSA) is 62.3 Å². The highest BCUT2D eigenvalue weighted by atomic mass is 79.9. The summed E-state index contributed by atoms with van der Waals surface area (Å²) in [6.45, 7) is 1.98. The second-order valence-electron chi connectivity index (χ2n) is 4.92. The van der Waals surface area contributed by atoms with Crippen molar-refractivity contribution in [3.63, 3.8) is 0 Å². The molecule has 0 spiro atoms. The van der Waals surface area contributed by atoms with Gasteiger partial charge in [0.2, 0.25) is 5.43 Å². The molecule has 2 N–H and O–H groups in total. The van der Waals surface area contributed by atoms with Crippen molar-refractivity contribution in [2.45, 2.75) is 6.92 Å². The first kappa shape index (κ1) is 16.0. The summed E-state index contributed by atoms with van der Waals surface area (Å²) in [6, 6.07) is 9.18. The summed E-state index contributed by atoms with van der Waals surface area (Å²) in [7, 11) is 0. The van der Waals surface area contributed by atoms with E-state index >= 15 is 0 Å². The molecule has 114 valence electrons. The molecule has 1 aromatic rings. The van der Waals surface area contributed by atoms with Gasteiger partial charge in [0.1, 0.15) is 0 Å². The normalized spacial score (nSPS) is 14.2. The van der Waals surface area contributed by atoms with Gasteiger partial charge in [0.05, 0.1) is 15.7 Å². The van der Waals surface area contributed by atoms with Gasteiger partial charge in [-0.05, 0) is 57.7 Å². The van der Waals surface area contributed by atoms with Crippen LogP contribution in [0.15, 0.2) is 39.6 Å². The molecule has 3 rings (SSSR count). The third-order valence-corrected chi connectivity index (χ3v) is 4.71. The third kappa shape index (κ3) is 3.09. The van der Waals surface area contributed by atoms with Crippen molar-refractivity contribution in [3.05, 3.63) is 50.6 Å². The lowest BCUT2D eigenvalue weighted by atomic mass is 10.0. The Balaban J connectivity index is 2.39. The van der Waals surface area contributed by atoms with Crippen molar-refractivity contribution < 1.29 is 9.42 Å². The van der Waals surface area contributed by atoms with Crippen LogP contribution in [0.25, 0.3) is 22.2 Å². The van der Waals surface area contributed by atoms with E-state index in [9.17, 15) is 9.69 Å².